The third-order valence-electron chi connectivity index (χ3n) is 16.7. The second kappa shape index (κ2) is 18.0. The smallest absolute Gasteiger partial charge is 0.0776 e. The minimum absolute atomic E-state index is 1.20. The van der Waals surface area contributed by atoms with E-state index in [0.29, 0.717) is 0 Å². The van der Waals surface area contributed by atoms with Crippen LogP contribution in [0.3, 0.4) is 0 Å². The van der Waals surface area contributed by atoms with E-state index in [1.165, 1.54) is 130 Å². The Labute approximate surface area is 459 Å². The van der Waals surface area contributed by atoms with Crippen LogP contribution in [0.5, 0.6) is 0 Å². The molecule has 0 fully saturated rings. The summed E-state index contributed by atoms with van der Waals surface area (Å²) in [5.41, 5.74) is 12.6. The molecular weight excluding hydrogens is 1010 g/mol. The second-order valence-electron chi connectivity index (χ2n) is 28.5. The first-order valence-electron chi connectivity index (χ1n) is 27.9. The van der Waals surface area contributed by atoms with Crippen LogP contribution in [0.4, 0.5) is 0 Å². The minimum atomic E-state index is -1.60. The van der Waals surface area contributed by atoms with Crippen LogP contribution in [0.2, 0.25) is 118 Å². The molecule has 0 aliphatic rings. The molecule has 9 aromatic carbocycles. The molecule has 0 saturated carbocycles. The summed E-state index contributed by atoms with van der Waals surface area (Å²) in [5, 5.41) is 19.6. The third kappa shape index (κ3) is 9.14. The van der Waals surface area contributed by atoms with Crippen LogP contribution in [0.1, 0.15) is 0 Å². The van der Waals surface area contributed by atoms with Crippen LogP contribution < -0.4 is 31.1 Å². The standard InChI is InChI=1S/C68H80N2Si6/c1-71(2,3)49-25-19-45(20-26-49)67-55-33-23-48(70-65-37-31-53(75(13,14)15)43-59(65)60-44-54(76(16,17)18)32-38-66(60)70)40-62(55)68(46-21-27-50(28-22-46)72(4,5)6)56-34-24-47(39-61(56)67)69-63-35-29-51(73(7,8)9)41-57(63)58-42-52(74(10,11)12)30-36-64(58)69/h19-44H,1-18H3. The Morgan fingerprint density at radius 1 is 0.211 bits per heavy atom. The molecule has 76 heavy (non-hydrogen) atoms. The van der Waals surface area contributed by atoms with E-state index >= 15 is 0 Å². The Hall–Kier alpha value is -5.60. The van der Waals surface area contributed by atoms with Gasteiger partial charge in [0.05, 0.1) is 70.5 Å². The molecule has 0 aliphatic carbocycles. The lowest BCUT2D eigenvalue weighted by molar-refractivity contribution is 1.18. The maximum atomic E-state index is 2.57. The lowest BCUT2D eigenvalue weighted by Crippen LogP contribution is -2.37. The average molecular weight is 1090 g/mol. The van der Waals surface area contributed by atoms with Gasteiger partial charge >= 0.3 is 0 Å². The highest BCUT2D eigenvalue weighted by atomic mass is 28.3. The summed E-state index contributed by atoms with van der Waals surface area (Å²) in [5.74, 6) is 0. The highest BCUT2D eigenvalue weighted by Gasteiger charge is 2.27. The summed E-state index contributed by atoms with van der Waals surface area (Å²) in [4.78, 5) is 0. The van der Waals surface area contributed by atoms with Crippen LogP contribution in [-0.2, 0) is 0 Å². The zero-order valence-electron chi connectivity index (χ0n) is 48.9. The van der Waals surface area contributed by atoms with E-state index in [1.54, 1.807) is 0 Å². The van der Waals surface area contributed by atoms with Gasteiger partial charge in [-0.05, 0) is 92.3 Å². The van der Waals surface area contributed by atoms with Gasteiger partial charge in [0.25, 0.3) is 0 Å². The fourth-order valence-electron chi connectivity index (χ4n) is 11.8. The Morgan fingerprint density at radius 3 is 0.684 bits per heavy atom. The number of rotatable bonds is 10. The topological polar surface area (TPSA) is 9.86 Å². The van der Waals surface area contributed by atoms with Crippen molar-refractivity contribution in [2.45, 2.75) is 118 Å². The highest BCUT2D eigenvalue weighted by molar-refractivity contribution is 6.91. The van der Waals surface area contributed by atoms with Gasteiger partial charge in [-0.3, -0.25) is 0 Å². The van der Waals surface area contributed by atoms with E-state index < -0.39 is 48.4 Å². The minimum Gasteiger partial charge on any atom is -0.309 e. The predicted molar refractivity (Wildman–Crippen MR) is 359 cm³/mol. The van der Waals surface area contributed by atoms with E-state index in [9.17, 15) is 0 Å². The zero-order chi connectivity index (χ0) is 54.4. The average Bonchev–Trinajstić information content (AvgIpc) is 3.99. The van der Waals surface area contributed by atoms with Crippen LogP contribution in [0.25, 0.3) is 98.8 Å². The summed E-state index contributed by atoms with van der Waals surface area (Å²) in [6.45, 7) is 44.4. The van der Waals surface area contributed by atoms with Crippen LogP contribution in [0.15, 0.2) is 158 Å². The lowest BCUT2D eigenvalue weighted by atomic mass is 9.85. The molecule has 386 valence electrons. The Morgan fingerprint density at radius 2 is 0.447 bits per heavy atom. The van der Waals surface area contributed by atoms with Crippen molar-refractivity contribution in [1.29, 1.82) is 0 Å². The number of nitrogens with zero attached hydrogens (tertiary/aromatic N) is 2. The molecule has 0 amide bonds. The summed E-state index contributed by atoms with van der Waals surface area (Å²) in [7, 11) is -9.53. The summed E-state index contributed by atoms with van der Waals surface area (Å²) >= 11 is 0. The van der Waals surface area contributed by atoms with E-state index in [2.05, 4.69) is 285 Å². The number of benzene rings is 9. The van der Waals surface area contributed by atoms with Gasteiger partial charge in [0.2, 0.25) is 0 Å². The van der Waals surface area contributed by atoms with Crippen LogP contribution in [-0.4, -0.2) is 57.6 Å². The first-order chi connectivity index (χ1) is 35.5. The second-order valence-corrected chi connectivity index (χ2v) is 58.9. The molecule has 0 N–H and O–H groups in total. The monoisotopic (exact) mass is 1090 g/mol. The molecule has 2 aromatic heterocycles. The molecule has 0 saturated heterocycles. The molecule has 0 unspecified atom stereocenters. The maximum Gasteiger partial charge on any atom is 0.0776 e. The van der Waals surface area contributed by atoms with Gasteiger partial charge in [-0.2, -0.15) is 0 Å². The number of aromatic nitrogens is 2. The Balaban J connectivity index is 1.26. The molecule has 0 radical (unpaired) electrons. The Bertz CT molecular complexity index is 3720. The van der Waals surface area contributed by atoms with Crippen molar-refractivity contribution >= 4 is 145 Å². The maximum absolute atomic E-state index is 2.57. The fraction of sp³-hybridized carbons (Fsp3) is 0.265. The van der Waals surface area contributed by atoms with Crippen molar-refractivity contribution in [2.75, 3.05) is 0 Å². The first-order valence-corrected chi connectivity index (χ1v) is 48.9. The molecule has 0 bridgehead atoms. The number of fused-ring (bicyclic) bond motifs is 8. The predicted octanol–water partition coefficient (Wildman–Crippen LogP) is 16.8. The van der Waals surface area contributed by atoms with E-state index in [0.717, 1.165) is 0 Å². The summed E-state index contributed by atoms with van der Waals surface area (Å²) < 4.78 is 5.15. The molecule has 8 heteroatoms. The van der Waals surface area contributed by atoms with Gasteiger partial charge in [-0.1, -0.05) is 258 Å². The van der Waals surface area contributed by atoms with E-state index in [-0.39, 0.29) is 0 Å². The van der Waals surface area contributed by atoms with Crippen molar-refractivity contribution in [2.24, 2.45) is 0 Å². The first kappa shape index (κ1) is 52.5. The SMILES string of the molecule is C[Si](C)(C)c1ccc(-c2c3ccc(-n4c5ccc([Si](C)(C)C)cc5c5cc([Si](C)(C)C)ccc54)cc3c(-c3ccc([Si](C)(C)C)cc3)c3ccc(-n4c5ccc([Si](C)(C)C)cc5c5cc([Si](C)(C)C)ccc54)cc23)cc1. The third-order valence-corrected chi connectivity index (χ3v) is 29.0. The van der Waals surface area contributed by atoms with Gasteiger partial charge in [0.15, 0.2) is 0 Å². The van der Waals surface area contributed by atoms with E-state index in [4.69, 9.17) is 0 Å². The number of hydrogen-bond acceptors (Lipinski definition) is 0. The summed E-state index contributed by atoms with van der Waals surface area (Å²) in [6.07, 6.45) is 0. The van der Waals surface area contributed by atoms with Gasteiger partial charge in [0, 0.05) is 32.9 Å². The highest BCUT2D eigenvalue weighted by Crippen LogP contribution is 2.46. The van der Waals surface area contributed by atoms with Gasteiger partial charge in [-0.15, -0.1) is 0 Å². The largest absolute Gasteiger partial charge is 0.309 e. The molecule has 0 spiro atoms. The Kier molecular flexibility index (Phi) is 12.4. The van der Waals surface area contributed by atoms with E-state index in [1.807, 2.05) is 0 Å². The van der Waals surface area contributed by atoms with Crippen LogP contribution in [0, 0.1) is 0 Å². The van der Waals surface area contributed by atoms with Crippen LogP contribution >= 0.6 is 0 Å². The zero-order valence-corrected chi connectivity index (χ0v) is 54.9. The molecule has 11 aromatic rings. The van der Waals surface area contributed by atoms with Gasteiger partial charge in [-0.25, -0.2) is 0 Å². The fourth-order valence-corrected chi connectivity index (χ4v) is 18.8. The molecular formula is C68H80N2Si6. The quantitative estimate of drug-likeness (QED) is 0.0954. The van der Waals surface area contributed by atoms with Crippen molar-refractivity contribution in [1.82, 2.24) is 9.13 Å². The van der Waals surface area contributed by atoms with Crippen molar-refractivity contribution < 1.29 is 0 Å². The van der Waals surface area contributed by atoms with Crippen molar-refractivity contribution in [3.63, 3.8) is 0 Å². The molecule has 0 atom stereocenters. The van der Waals surface area contributed by atoms with Crippen molar-refractivity contribution in [3.8, 4) is 33.6 Å². The molecule has 11 rings (SSSR count). The van der Waals surface area contributed by atoms with Gasteiger partial charge in [0.1, 0.15) is 0 Å². The molecule has 2 nitrogen and oxygen atoms in total. The van der Waals surface area contributed by atoms with Crippen molar-refractivity contribution in [3.05, 3.63) is 158 Å². The normalized spacial score (nSPS) is 13.4. The lowest BCUT2D eigenvalue weighted by Gasteiger charge is -2.22. The number of hydrogen-bond donors (Lipinski definition) is 0. The molecule has 0 aliphatic heterocycles. The van der Waals surface area contributed by atoms with Gasteiger partial charge < -0.3 is 9.13 Å². The molecule has 2 heterocycles. The summed E-state index contributed by atoms with van der Waals surface area (Å²) in [6, 6.07) is 63.9.